The lowest BCUT2D eigenvalue weighted by Crippen LogP contribution is -2.26. The molecule has 4 heteroatoms. The van der Waals surface area contributed by atoms with Crippen LogP contribution in [0.4, 0.5) is 0 Å². The summed E-state index contributed by atoms with van der Waals surface area (Å²) >= 11 is 5.87. The summed E-state index contributed by atoms with van der Waals surface area (Å²) in [6.45, 7) is 5.58. The third kappa shape index (κ3) is 2.68. The number of carboxylic acid groups (broad SMARTS) is 1. The van der Waals surface area contributed by atoms with Gasteiger partial charge in [-0.3, -0.25) is 9.69 Å². The van der Waals surface area contributed by atoms with E-state index in [0.29, 0.717) is 6.54 Å². The van der Waals surface area contributed by atoms with Gasteiger partial charge in [0.05, 0.1) is 5.92 Å². The molecule has 1 aromatic rings. The van der Waals surface area contributed by atoms with E-state index in [1.165, 1.54) is 5.56 Å². The molecule has 0 amide bonds. The van der Waals surface area contributed by atoms with Crippen molar-refractivity contribution < 1.29 is 9.90 Å². The fraction of sp³-hybridized carbons (Fsp3) is 0.500. The van der Waals surface area contributed by atoms with E-state index in [1.54, 1.807) is 0 Å². The Morgan fingerprint density at radius 1 is 1.39 bits per heavy atom. The number of likely N-dealkylation sites (tertiary alicyclic amines) is 1. The van der Waals surface area contributed by atoms with Crippen LogP contribution in [0.3, 0.4) is 0 Å². The van der Waals surface area contributed by atoms with E-state index in [9.17, 15) is 4.79 Å². The molecule has 1 aromatic carbocycles. The molecule has 1 saturated heterocycles. The van der Waals surface area contributed by atoms with Crippen molar-refractivity contribution in [3.05, 3.63) is 34.9 Å². The van der Waals surface area contributed by atoms with Crippen molar-refractivity contribution in [3.8, 4) is 0 Å². The highest BCUT2D eigenvalue weighted by Crippen LogP contribution is 2.31. The van der Waals surface area contributed by atoms with Gasteiger partial charge in [-0.1, -0.05) is 30.7 Å². The Morgan fingerprint density at radius 2 is 2.00 bits per heavy atom. The third-order valence-corrected chi connectivity index (χ3v) is 4.11. The lowest BCUT2D eigenvalue weighted by Gasteiger charge is -2.24. The summed E-state index contributed by atoms with van der Waals surface area (Å²) in [5.74, 6) is -0.731. The van der Waals surface area contributed by atoms with Crippen LogP contribution in [0.1, 0.15) is 25.5 Å². The van der Waals surface area contributed by atoms with E-state index in [0.717, 1.165) is 11.6 Å². The Balaban J connectivity index is 2.09. The number of rotatable bonds is 3. The van der Waals surface area contributed by atoms with E-state index in [1.807, 2.05) is 31.2 Å². The molecule has 98 valence electrons. The molecule has 0 aromatic heterocycles. The molecule has 0 radical (unpaired) electrons. The standard InChI is InChI=1S/C14H18ClNO2/c1-9-7-16(8-13(9)14(17)18)10(2)11-3-5-12(15)6-4-11/h3-6,9-10,13H,7-8H2,1-2H3,(H,17,18). The van der Waals surface area contributed by atoms with Gasteiger partial charge in [0.1, 0.15) is 0 Å². The van der Waals surface area contributed by atoms with Crippen LogP contribution in [-0.2, 0) is 4.79 Å². The van der Waals surface area contributed by atoms with Crippen LogP contribution < -0.4 is 0 Å². The van der Waals surface area contributed by atoms with E-state index >= 15 is 0 Å². The summed E-state index contributed by atoms with van der Waals surface area (Å²) in [6.07, 6.45) is 0. The second-order valence-electron chi connectivity index (χ2n) is 5.10. The van der Waals surface area contributed by atoms with Crippen molar-refractivity contribution in [3.63, 3.8) is 0 Å². The molecule has 0 saturated carbocycles. The normalized spacial score (nSPS) is 26.2. The van der Waals surface area contributed by atoms with Crippen LogP contribution >= 0.6 is 11.6 Å². The Bertz CT molecular complexity index is 432. The lowest BCUT2D eigenvalue weighted by atomic mass is 9.99. The van der Waals surface area contributed by atoms with Gasteiger partial charge in [0.15, 0.2) is 0 Å². The van der Waals surface area contributed by atoms with Gasteiger partial charge in [-0.15, -0.1) is 0 Å². The van der Waals surface area contributed by atoms with Crippen molar-refractivity contribution >= 4 is 17.6 Å². The number of halogens is 1. The Kier molecular flexibility index (Phi) is 3.93. The van der Waals surface area contributed by atoms with Crippen LogP contribution in [0.15, 0.2) is 24.3 Å². The van der Waals surface area contributed by atoms with Gasteiger partial charge in [-0.2, -0.15) is 0 Å². The number of nitrogens with zero attached hydrogens (tertiary/aromatic N) is 1. The van der Waals surface area contributed by atoms with Crippen LogP contribution in [0, 0.1) is 11.8 Å². The minimum atomic E-state index is -0.687. The predicted molar refractivity (Wildman–Crippen MR) is 71.7 cm³/mol. The molecule has 3 atom stereocenters. The molecular formula is C14H18ClNO2. The SMILES string of the molecule is CC1CN(C(C)c2ccc(Cl)cc2)CC1C(=O)O. The average Bonchev–Trinajstić information content (AvgIpc) is 2.71. The maximum absolute atomic E-state index is 11.1. The Morgan fingerprint density at radius 3 is 2.50 bits per heavy atom. The Labute approximate surface area is 112 Å². The molecule has 0 spiro atoms. The summed E-state index contributed by atoms with van der Waals surface area (Å²) in [4.78, 5) is 13.3. The van der Waals surface area contributed by atoms with E-state index in [4.69, 9.17) is 16.7 Å². The van der Waals surface area contributed by atoms with E-state index < -0.39 is 5.97 Å². The number of carboxylic acids is 1. The van der Waals surface area contributed by atoms with Crippen LogP contribution in [0.5, 0.6) is 0 Å². The molecule has 0 aliphatic carbocycles. The minimum absolute atomic E-state index is 0.206. The average molecular weight is 268 g/mol. The zero-order valence-electron chi connectivity index (χ0n) is 10.6. The fourth-order valence-electron chi connectivity index (χ4n) is 2.59. The first-order valence-electron chi connectivity index (χ1n) is 6.21. The van der Waals surface area contributed by atoms with Crippen molar-refractivity contribution in [2.45, 2.75) is 19.9 Å². The molecule has 18 heavy (non-hydrogen) atoms. The van der Waals surface area contributed by atoms with E-state index in [2.05, 4.69) is 11.8 Å². The molecule has 1 aliphatic heterocycles. The summed E-state index contributed by atoms with van der Waals surface area (Å²) in [7, 11) is 0. The Hall–Kier alpha value is -1.06. The lowest BCUT2D eigenvalue weighted by molar-refractivity contribution is -0.142. The molecule has 0 bridgehead atoms. The van der Waals surface area contributed by atoms with Crippen molar-refractivity contribution in [2.75, 3.05) is 13.1 Å². The minimum Gasteiger partial charge on any atom is -0.481 e. The topological polar surface area (TPSA) is 40.5 Å². The van der Waals surface area contributed by atoms with Crippen LogP contribution in [0.25, 0.3) is 0 Å². The monoisotopic (exact) mass is 267 g/mol. The number of carbonyl (C=O) groups is 1. The van der Waals surface area contributed by atoms with Gasteiger partial charge in [0.25, 0.3) is 0 Å². The molecule has 3 nitrogen and oxygen atoms in total. The van der Waals surface area contributed by atoms with Gasteiger partial charge < -0.3 is 5.11 Å². The maximum Gasteiger partial charge on any atom is 0.308 e. The number of hydrogen-bond acceptors (Lipinski definition) is 2. The third-order valence-electron chi connectivity index (χ3n) is 3.86. The first-order valence-corrected chi connectivity index (χ1v) is 6.59. The number of hydrogen-bond donors (Lipinski definition) is 1. The highest BCUT2D eigenvalue weighted by Gasteiger charge is 2.36. The van der Waals surface area contributed by atoms with Gasteiger partial charge in [0.2, 0.25) is 0 Å². The molecule has 3 unspecified atom stereocenters. The number of benzene rings is 1. The second-order valence-corrected chi connectivity index (χ2v) is 5.54. The van der Waals surface area contributed by atoms with Gasteiger partial charge in [-0.05, 0) is 30.5 Å². The zero-order valence-corrected chi connectivity index (χ0v) is 11.4. The number of aliphatic carboxylic acids is 1. The summed E-state index contributed by atoms with van der Waals surface area (Å²) in [5, 5.41) is 9.87. The smallest absolute Gasteiger partial charge is 0.308 e. The van der Waals surface area contributed by atoms with Crippen LogP contribution in [-0.4, -0.2) is 29.1 Å². The molecular weight excluding hydrogens is 250 g/mol. The highest BCUT2D eigenvalue weighted by atomic mass is 35.5. The van der Waals surface area contributed by atoms with Gasteiger partial charge in [0, 0.05) is 24.2 Å². The second kappa shape index (κ2) is 5.29. The van der Waals surface area contributed by atoms with Crippen LogP contribution in [0.2, 0.25) is 5.02 Å². The van der Waals surface area contributed by atoms with Crippen molar-refractivity contribution in [1.29, 1.82) is 0 Å². The molecule has 1 fully saturated rings. The van der Waals surface area contributed by atoms with E-state index in [-0.39, 0.29) is 17.9 Å². The maximum atomic E-state index is 11.1. The first-order chi connectivity index (χ1) is 8.49. The summed E-state index contributed by atoms with van der Waals surface area (Å²) in [5.41, 5.74) is 1.18. The van der Waals surface area contributed by atoms with Gasteiger partial charge in [-0.25, -0.2) is 0 Å². The first kappa shape index (κ1) is 13.4. The van der Waals surface area contributed by atoms with Gasteiger partial charge >= 0.3 is 5.97 Å². The molecule has 1 heterocycles. The molecule has 1 aliphatic rings. The highest BCUT2D eigenvalue weighted by molar-refractivity contribution is 6.30. The molecule has 1 N–H and O–H groups in total. The van der Waals surface area contributed by atoms with Crippen molar-refractivity contribution in [2.24, 2.45) is 11.8 Å². The summed E-state index contributed by atoms with van der Waals surface area (Å²) in [6, 6.07) is 8.00. The predicted octanol–water partition coefficient (Wildman–Crippen LogP) is 3.05. The largest absolute Gasteiger partial charge is 0.481 e. The van der Waals surface area contributed by atoms with Crippen molar-refractivity contribution in [1.82, 2.24) is 4.90 Å². The summed E-state index contributed by atoms with van der Waals surface area (Å²) < 4.78 is 0. The zero-order chi connectivity index (χ0) is 13.3. The quantitative estimate of drug-likeness (QED) is 0.915. The fourth-order valence-corrected chi connectivity index (χ4v) is 2.72. The molecule has 2 rings (SSSR count).